The molecule has 0 fully saturated rings. The highest BCUT2D eigenvalue weighted by atomic mass is 35.5. The molecule has 33 heavy (non-hydrogen) atoms. The van der Waals surface area contributed by atoms with Crippen molar-refractivity contribution >= 4 is 34.6 Å². The van der Waals surface area contributed by atoms with E-state index in [2.05, 4.69) is 4.99 Å². The predicted molar refractivity (Wildman–Crippen MR) is 132 cm³/mol. The fraction of sp³-hybridized carbons (Fsp3) is 0.0370. The maximum Gasteiger partial charge on any atom is 0.270 e. The molecule has 1 aliphatic rings. The van der Waals surface area contributed by atoms with E-state index in [-0.39, 0.29) is 11.7 Å². The molecule has 0 spiro atoms. The number of phenols is 1. The van der Waals surface area contributed by atoms with Gasteiger partial charge in [-0.1, -0.05) is 54.1 Å². The van der Waals surface area contributed by atoms with Crippen molar-refractivity contribution in [3.8, 4) is 16.9 Å². The molecule has 1 unspecified atom stereocenters. The first-order chi connectivity index (χ1) is 16.0. The number of carbonyl (C=O) groups excluding carboxylic acids is 1. The van der Waals surface area contributed by atoms with E-state index >= 15 is 0 Å². The molecule has 0 saturated heterocycles. The number of amides is 1. The Labute approximate surface area is 196 Å². The summed E-state index contributed by atoms with van der Waals surface area (Å²) >= 11 is 6.33. The minimum absolute atomic E-state index is 0.139. The molecule has 5 rings (SSSR count). The minimum atomic E-state index is -1.10. The van der Waals surface area contributed by atoms with Crippen LogP contribution in [-0.2, 0) is 4.79 Å². The lowest BCUT2D eigenvalue weighted by Gasteiger charge is -2.25. The molecule has 4 aromatic rings. The summed E-state index contributed by atoms with van der Waals surface area (Å²) in [5.41, 5.74) is 11.6. The number of carbonyl (C=O) groups is 1. The van der Waals surface area contributed by atoms with E-state index in [1.54, 1.807) is 47.4 Å². The zero-order valence-electron chi connectivity index (χ0n) is 17.5. The van der Waals surface area contributed by atoms with Crippen LogP contribution in [0.5, 0.6) is 5.75 Å². The smallest absolute Gasteiger partial charge is 0.270 e. The number of aliphatic imine (C=N–C) groups is 1. The van der Waals surface area contributed by atoms with Gasteiger partial charge in [0.25, 0.3) is 5.91 Å². The first-order valence-electron chi connectivity index (χ1n) is 10.4. The van der Waals surface area contributed by atoms with Gasteiger partial charge in [-0.3, -0.25) is 14.7 Å². The predicted octanol–water partition coefficient (Wildman–Crippen LogP) is 5.51. The van der Waals surface area contributed by atoms with Crippen molar-refractivity contribution in [3.05, 3.63) is 113 Å². The lowest BCUT2D eigenvalue weighted by molar-refractivity contribution is -0.118. The highest BCUT2D eigenvalue weighted by Crippen LogP contribution is 2.36. The molecule has 0 saturated carbocycles. The number of nitrogens with two attached hydrogens (primary N) is 1. The molecular weight excluding hydrogens is 434 g/mol. The number of halogens is 1. The molecule has 0 bridgehead atoms. The molecule has 1 amide bonds. The van der Waals surface area contributed by atoms with Gasteiger partial charge in [-0.2, -0.15) is 0 Å². The van der Waals surface area contributed by atoms with Crippen LogP contribution in [0.15, 0.2) is 102 Å². The summed E-state index contributed by atoms with van der Waals surface area (Å²) in [5.74, 6) is -0.209. The van der Waals surface area contributed by atoms with Gasteiger partial charge in [0.1, 0.15) is 5.75 Å². The number of aromatic hydroxyl groups is 1. The van der Waals surface area contributed by atoms with Crippen molar-refractivity contribution in [1.82, 2.24) is 0 Å². The fourth-order valence-corrected chi connectivity index (χ4v) is 4.13. The molecule has 6 heteroatoms. The van der Waals surface area contributed by atoms with E-state index in [9.17, 15) is 9.90 Å². The lowest BCUT2D eigenvalue weighted by Crippen LogP contribution is -2.39. The Morgan fingerprint density at radius 1 is 0.818 bits per heavy atom. The van der Waals surface area contributed by atoms with Gasteiger partial charge in [0, 0.05) is 21.8 Å². The van der Waals surface area contributed by atoms with Crippen LogP contribution in [0.4, 0.5) is 11.4 Å². The highest BCUT2D eigenvalue weighted by Gasteiger charge is 2.31. The van der Waals surface area contributed by atoms with Gasteiger partial charge in [0.05, 0.1) is 11.4 Å². The van der Waals surface area contributed by atoms with Gasteiger partial charge in [-0.05, 0) is 65.7 Å². The molecule has 4 aromatic carbocycles. The number of hydrogen-bond donors (Lipinski definition) is 2. The van der Waals surface area contributed by atoms with Crippen LogP contribution in [0.2, 0.25) is 5.02 Å². The highest BCUT2D eigenvalue weighted by molar-refractivity contribution is 6.32. The Hall–Kier alpha value is -3.93. The SMILES string of the molecule is NC1N=C(c2ccc(O)cc2)c2cc(Cl)ccc2N(c2ccc(-c3ccccc3)cc2)C1=O. The molecule has 1 atom stereocenters. The topological polar surface area (TPSA) is 78.9 Å². The number of phenolic OH excluding ortho intramolecular Hbond substituents is 1. The minimum Gasteiger partial charge on any atom is -0.508 e. The van der Waals surface area contributed by atoms with Gasteiger partial charge < -0.3 is 10.8 Å². The Balaban J connectivity index is 1.63. The summed E-state index contributed by atoms with van der Waals surface area (Å²) in [6, 6.07) is 29.7. The van der Waals surface area contributed by atoms with E-state index in [1.165, 1.54) is 0 Å². The number of rotatable bonds is 3. The van der Waals surface area contributed by atoms with Gasteiger partial charge in [0.2, 0.25) is 0 Å². The summed E-state index contributed by atoms with van der Waals surface area (Å²) in [6.07, 6.45) is -1.10. The molecular formula is C27H20ClN3O2. The molecule has 0 aromatic heterocycles. The Morgan fingerprint density at radius 3 is 2.15 bits per heavy atom. The maximum atomic E-state index is 13.4. The average molecular weight is 454 g/mol. The average Bonchev–Trinajstić information content (AvgIpc) is 2.95. The fourth-order valence-electron chi connectivity index (χ4n) is 3.96. The molecule has 3 N–H and O–H groups in total. The van der Waals surface area contributed by atoms with Gasteiger partial charge >= 0.3 is 0 Å². The van der Waals surface area contributed by atoms with Crippen molar-refractivity contribution in [2.24, 2.45) is 10.7 Å². The number of anilines is 2. The van der Waals surface area contributed by atoms with Crippen molar-refractivity contribution < 1.29 is 9.90 Å². The first kappa shape index (κ1) is 20.9. The van der Waals surface area contributed by atoms with E-state index in [1.807, 2.05) is 54.6 Å². The van der Waals surface area contributed by atoms with Crippen molar-refractivity contribution in [1.29, 1.82) is 0 Å². The lowest BCUT2D eigenvalue weighted by atomic mass is 9.99. The maximum absolute atomic E-state index is 13.4. The van der Waals surface area contributed by atoms with E-state index < -0.39 is 6.17 Å². The largest absolute Gasteiger partial charge is 0.508 e. The van der Waals surface area contributed by atoms with Crippen molar-refractivity contribution in [2.45, 2.75) is 6.17 Å². The zero-order valence-corrected chi connectivity index (χ0v) is 18.3. The second kappa shape index (κ2) is 8.54. The number of hydrogen-bond acceptors (Lipinski definition) is 4. The Bertz CT molecular complexity index is 1350. The molecule has 5 nitrogen and oxygen atoms in total. The molecule has 0 aliphatic carbocycles. The van der Waals surface area contributed by atoms with E-state index in [0.717, 1.165) is 16.7 Å². The number of benzene rings is 4. The standard InChI is InChI=1S/C27H20ClN3O2/c28-20-10-15-24-23(16-20)25(19-8-13-22(32)14-9-19)30-26(29)27(33)31(24)21-11-6-18(7-12-21)17-4-2-1-3-5-17/h1-16,26,32H,29H2. The van der Waals surface area contributed by atoms with Crippen LogP contribution < -0.4 is 10.6 Å². The monoisotopic (exact) mass is 453 g/mol. The number of fused-ring (bicyclic) bond motifs is 1. The normalized spacial score (nSPS) is 15.6. The Morgan fingerprint density at radius 2 is 1.45 bits per heavy atom. The summed E-state index contributed by atoms with van der Waals surface area (Å²) in [6.45, 7) is 0. The number of benzodiazepines with no additional fused rings is 1. The summed E-state index contributed by atoms with van der Waals surface area (Å²) < 4.78 is 0. The van der Waals surface area contributed by atoms with Crippen molar-refractivity contribution in [3.63, 3.8) is 0 Å². The third-order valence-corrected chi connectivity index (χ3v) is 5.80. The summed E-state index contributed by atoms with van der Waals surface area (Å²) in [4.78, 5) is 19.5. The van der Waals surface area contributed by atoms with Crippen LogP contribution in [0.3, 0.4) is 0 Å². The van der Waals surface area contributed by atoms with Crippen LogP contribution >= 0.6 is 11.6 Å². The van der Waals surface area contributed by atoms with Gasteiger partial charge in [-0.25, -0.2) is 0 Å². The second-order valence-electron chi connectivity index (χ2n) is 7.72. The van der Waals surface area contributed by atoms with Crippen LogP contribution in [0, 0.1) is 0 Å². The molecule has 1 heterocycles. The Kier molecular flexibility index (Phi) is 5.42. The van der Waals surface area contributed by atoms with Crippen LogP contribution in [-0.4, -0.2) is 22.9 Å². The van der Waals surface area contributed by atoms with Crippen molar-refractivity contribution in [2.75, 3.05) is 4.90 Å². The second-order valence-corrected chi connectivity index (χ2v) is 8.15. The third kappa shape index (κ3) is 4.00. The summed E-state index contributed by atoms with van der Waals surface area (Å²) in [5, 5.41) is 10.2. The molecule has 1 aliphatic heterocycles. The van der Waals surface area contributed by atoms with Gasteiger partial charge in [-0.15, -0.1) is 0 Å². The third-order valence-electron chi connectivity index (χ3n) is 5.57. The van der Waals surface area contributed by atoms with Crippen LogP contribution in [0.1, 0.15) is 11.1 Å². The van der Waals surface area contributed by atoms with Gasteiger partial charge in [0.15, 0.2) is 6.17 Å². The van der Waals surface area contributed by atoms with Crippen LogP contribution in [0.25, 0.3) is 11.1 Å². The molecule has 0 radical (unpaired) electrons. The first-order valence-corrected chi connectivity index (χ1v) is 10.8. The number of nitrogens with zero attached hydrogens (tertiary/aromatic N) is 2. The summed E-state index contributed by atoms with van der Waals surface area (Å²) in [7, 11) is 0. The van der Waals surface area contributed by atoms with E-state index in [0.29, 0.717) is 27.7 Å². The quantitative estimate of drug-likeness (QED) is 0.429. The molecule has 162 valence electrons. The van der Waals surface area contributed by atoms with E-state index in [4.69, 9.17) is 17.3 Å². The zero-order chi connectivity index (χ0) is 22.9.